The Morgan fingerprint density at radius 1 is 1.14 bits per heavy atom. The molecule has 0 radical (unpaired) electrons. The molecule has 1 aromatic carbocycles. The molecule has 2 amide bonds. The minimum atomic E-state index is -0.161. The van der Waals surface area contributed by atoms with E-state index in [0.717, 1.165) is 33.7 Å². The first-order chi connectivity index (χ1) is 13.3. The molecule has 0 aromatic heterocycles. The van der Waals surface area contributed by atoms with E-state index in [1.165, 1.54) is 16.0 Å². The summed E-state index contributed by atoms with van der Waals surface area (Å²) in [4.78, 5) is 31.5. The number of anilines is 1. The summed E-state index contributed by atoms with van der Waals surface area (Å²) in [7, 11) is 5.13. The number of Topliss-reactive ketones (excluding diaryl/α,β-unsaturated/α-hetero) is 1. The second-order valence-corrected chi connectivity index (χ2v) is 6.62. The topological polar surface area (TPSA) is 53.0 Å². The lowest BCUT2D eigenvalue weighted by Gasteiger charge is -2.22. The van der Waals surface area contributed by atoms with E-state index in [1.807, 2.05) is 49.4 Å². The predicted molar refractivity (Wildman–Crippen MR) is 117 cm³/mol. The van der Waals surface area contributed by atoms with Crippen molar-refractivity contribution < 1.29 is 9.59 Å². The van der Waals surface area contributed by atoms with Crippen molar-refractivity contribution in [3.63, 3.8) is 0 Å². The standard InChI is InChI=1S/C23H27N3O2/c1-7-20(16(3)27)21-14-11-18(15-22(21)24-4)17-9-12-19(13-10-17)26(8-2)23(28)25(5)6/h8-15H,2,7H2,1,3-6H3/b21-20+,24-22?. The Bertz CT molecular complexity index is 900. The molecule has 0 spiro atoms. The van der Waals surface area contributed by atoms with Crippen molar-refractivity contribution in [3.8, 4) is 0 Å². The molecule has 0 fully saturated rings. The summed E-state index contributed by atoms with van der Waals surface area (Å²) in [5.74, 6) is 0.0691. The molecule has 1 aromatic rings. The van der Waals surface area contributed by atoms with Crippen LogP contribution in [0.5, 0.6) is 0 Å². The van der Waals surface area contributed by atoms with Gasteiger partial charge in [0.05, 0.1) is 11.4 Å². The van der Waals surface area contributed by atoms with Gasteiger partial charge in [-0.05, 0) is 42.7 Å². The average molecular weight is 377 g/mol. The summed E-state index contributed by atoms with van der Waals surface area (Å²) >= 11 is 0. The lowest BCUT2D eigenvalue weighted by molar-refractivity contribution is -0.113. The van der Waals surface area contributed by atoms with Crippen LogP contribution in [0.4, 0.5) is 10.5 Å². The molecule has 0 atom stereocenters. The van der Waals surface area contributed by atoms with Gasteiger partial charge in [0.1, 0.15) is 0 Å². The van der Waals surface area contributed by atoms with E-state index in [1.54, 1.807) is 28.1 Å². The van der Waals surface area contributed by atoms with Gasteiger partial charge in [0.25, 0.3) is 0 Å². The number of carbonyl (C=O) groups is 2. The number of amides is 2. The highest BCUT2D eigenvalue weighted by atomic mass is 16.2. The number of carbonyl (C=O) groups excluding carboxylic acids is 2. The minimum absolute atomic E-state index is 0.0691. The smallest absolute Gasteiger partial charge is 0.328 e. The molecule has 0 heterocycles. The third-order valence-electron chi connectivity index (χ3n) is 4.59. The largest absolute Gasteiger partial charge is 0.330 e. The highest BCUT2D eigenvalue weighted by Crippen LogP contribution is 2.27. The van der Waals surface area contributed by atoms with Crippen LogP contribution < -0.4 is 4.90 Å². The zero-order valence-corrected chi connectivity index (χ0v) is 17.2. The third-order valence-corrected chi connectivity index (χ3v) is 4.59. The third kappa shape index (κ3) is 4.36. The number of aliphatic imine (C=N–C) groups is 1. The molecule has 0 saturated heterocycles. The first kappa shape index (κ1) is 21.1. The fourth-order valence-electron chi connectivity index (χ4n) is 3.10. The summed E-state index contributed by atoms with van der Waals surface area (Å²) in [6.45, 7) is 7.29. The van der Waals surface area contributed by atoms with Gasteiger partial charge in [-0.25, -0.2) is 4.79 Å². The molecule has 0 N–H and O–H groups in total. The Labute approximate surface area is 167 Å². The van der Waals surface area contributed by atoms with Crippen molar-refractivity contribution in [2.45, 2.75) is 20.3 Å². The number of nitrogens with zero attached hydrogens (tertiary/aromatic N) is 3. The van der Waals surface area contributed by atoms with Crippen molar-refractivity contribution in [1.29, 1.82) is 0 Å². The van der Waals surface area contributed by atoms with Gasteiger partial charge in [-0.15, -0.1) is 0 Å². The van der Waals surface area contributed by atoms with Crippen molar-refractivity contribution in [2.24, 2.45) is 4.99 Å². The van der Waals surface area contributed by atoms with E-state index < -0.39 is 0 Å². The van der Waals surface area contributed by atoms with Gasteiger partial charge in [0, 0.05) is 38.5 Å². The van der Waals surface area contributed by atoms with Crippen molar-refractivity contribution in [1.82, 2.24) is 4.90 Å². The van der Waals surface area contributed by atoms with Crippen LogP contribution in [-0.4, -0.2) is 43.6 Å². The maximum absolute atomic E-state index is 12.2. The van der Waals surface area contributed by atoms with E-state index in [9.17, 15) is 9.59 Å². The van der Waals surface area contributed by atoms with Crippen LogP contribution in [0.3, 0.4) is 0 Å². The lowest BCUT2D eigenvalue weighted by atomic mass is 9.90. The van der Waals surface area contributed by atoms with Gasteiger partial charge >= 0.3 is 6.03 Å². The van der Waals surface area contributed by atoms with Gasteiger partial charge in [-0.1, -0.05) is 37.8 Å². The van der Waals surface area contributed by atoms with Gasteiger partial charge in [-0.3, -0.25) is 14.7 Å². The minimum Gasteiger partial charge on any atom is -0.330 e. The lowest BCUT2D eigenvalue weighted by Crippen LogP contribution is -2.35. The number of allylic oxidation sites excluding steroid dienone is 6. The Morgan fingerprint density at radius 2 is 1.79 bits per heavy atom. The molecular formula is C23H27N3O2. The fourth-order valence-corrected chi connectivity index (χ4v) is 3.10. The molecule has 146 valence electrons. The highest BCUT2D eigenvalue weighted by Gasteiger charge is 2.17. The number of hydrogen-bond donors (Lipinski definition) is 0. The molecule has 5 heteroatoms. The zero-order valence-electron chi connectivity index (χ0n) is 17.2. The molecule has 5 nitrogen and oxygen atoms in total. The van der Waals surface area contributed by atoms with Crippen LogP contribution in [0, 0.1) is 0 Å². The van der Waals surface area contributed by atoms with Gasteiger partial charge < -0.3 is 4.90 Å². The van der Waals surface area contributed by atoms with Crippen molar-refractivity contribution in [3.05, 3.63) is 72.0 Å². The summed E-state index contributed by atoms with van der Waals surface area (Å²) in [5, 5.41) is 0. The Balaban J connectivity index is 2.36. The summed E-state index contributed by atoms with van der Waals surface area (Å²) in [6, 6.07) is 7.52. The van der Waals surface area contributed by atoms with Gasteiger partial charge in [-0.2, -0.15) is 0 Å². The van der Waals surface area contributed by atoms with E-state index in [0.29, 0.717) is 6.42 Å². The number of benzene rings is 1. The first-order valence-corrected chi connectivity index (χ1v) is 9.18. The maximum atomic E-state index is 12.2. The molecular weight excluding hydrogens is 350 g/mol. The Kier molecular flexibility index (Phi) is 6.88. The average Bonchev–Trinajstić information content (AvgIpc) is 2.69. The van der Waals surface area contributed by atoms with Gasteiger partial charge in [0.2, 0.25) is 0 Å². The van der Waals surface area contributed by atoms with E-state index in [-0.39, 0.29) is 11.8 Å². The number of rotatable bonds is 5. The molecule has 2 rings (SSSR count). The van der Waals surface area contributed by atoms with Crippen LogP contribution in [0.1, 0.15) is 25.8 Å². The second kappa shape index (κ2) is 9.13. The van der Waals surface area contributed by atoms with E-state index in [2.05, 4.69) is 11.6 Å². The van der Waals surface area contributed by atoms with Crippen molar-refractivity contribution in [2.75, 3.05) is 26.0 Å². The molecule has 1 aliphatic rings. The second-order valence-electron chi connectivity index (χ2n) is 6.62. The molecule has 28 heavy (non-hydrogen) atoms. The molecule has 0 aliphatic heterocycles. The Hall–Kier alpha value is -3.21. The normalized spacial score (nSPS) is 16.5. The summed E-state index contributed by atoms with van der Waals surface area (Å²) < 4.78 is 0. The molecule has 0 saturated carbocycles. The van der Waals surface area contributed by atoms with Crippen LogP contribution in [0.15, 0.2) is 71.4 Å². The maximum Gasteiger partial charge on any atom is 0.328 e. The van der Waals surface area contributed by atoms with E-state index >= 15 is 0 Å². The van der Waals surface area contributed by atoms with Crippen LogP contribution >= 0.6 is 0 Å². The van der Waals surface area contributed by atoms with E-state index in [4.69, 9.17) is 0 Å². The SMILES string of the molecule is C=CN(C(=O)N(C)C)c1ccc(C2=CC(=NC)/C(=C(\CC)C(C)=O)C=C2)cc1. The van der Waals surface area contributed by atoms with Crippen LogP contribution in [0.2, 0.25) is 0 Å². The number of ketones is 1. The quantitative estimate of drug-likeness (QED) is 0.702. The van der Waals surface area contributed by atoms with Crippen LogP contribution in [0.25, 0.3) is 5.57 Å². The number of hydrogen-bond acceptors (Lipinski definition) is 3. The number of urea groups is 1. The van der Waals surface area contributed by atoms with Crippen LogP contribution in [-0.2, 0) is 4.79 Å². The fraction of sp³-hybridized carbons (Fsp3) is 0.261. The first-order valence-electron chi connectivity index (χ1n) is 9.18. The summed E-state index contributed by atoms with van der Waals surface area (Å²) in [5.41, 5.74) is 5.21. The molecule has 0 bridgehead atoms. The predicted octanol–water partition coefficient (Wildman–Crippen LogP) is 4.64. The van der Waals surface area contributed by atoms with Gasteiger partial charge in [0.15, 0.2) is 5.78 Å². The highest BCUT2D eigenvalue weighted by molar-refractivity contribution is 6.20. The monoisotopic (exact) mass is 377 g/mol. The Morgan fingerprint density at radius 3 is 2.25 bits per heavy atom. The molecule has 1 aliphatic carbocycles. The molecule has 0 unspecified atom stereocenters. The van der Waals surface area contributed by atoms with Crippen molar-refractivity contribution >= 4 is 28.8 Å². The zero-order chi connectivity index (χ0) is 20.8. The summed E-state index contributed by atoms with van der Waals surface area (Å²) in [6.07, 6.45) is 8.11.